The van der Waals surface area contributed by atoms with Crippen LogP contribution < -0.4 is 0 Å². The molecule has 6 nitrogen and oxygen atoms in total. The molecule has 3 amide bonds. The molecule has 0 aromatic heterocycles. The number of rotatable bonds is 6. The zero-order chi connectivity index (χ0) is 21.3. The molecule has 2 aliphatic rings. The lowest BCUT2D eigenvalue weighted by Crippen LogP contribution is -2.56. The predicted molar refractivity (Wildman–Crippen MR) is 114 cm³/mol. The van der Waals surface area contributed by atoms with Crippen molar-refractivity contribution in [3.8, 4) is 5.75 Å². The fourth-order valence-corrected chi connectivity index (χ4v) is 4.84. The van der Waals surface area contributed by atoms with Crippen LogP contribution in [0.15, 0.2) is 12.1 Å². The number of nitrogens with zero attached hydrogens (tertiary/aromatic N) is 3. The minimum Gasteiger partial charge on any atom is -0.506 e. The van der Waals surface area contributed by atoms with Crippen LogP contribution in [0, 0.1) is 5.92 Å². The summed E-state index contributed by atoms with van der Waals surface area (Å²) in [4.78, 5) is 31.4. The molecule has 1 aromatic carbocycles. The summed E-state index contributed by atoms with van der Waals surface area (Å²) in [7, 11) is 0. The molecule has 29 heavy (non-hydrogen) atoms. The van der Waals surface area contributed by atoms with E-state index in [1.807, 2.05) is 11.8 Å². The number of piperidine rings is 1. The maximum Gasteiger partial charge on any atom is 0.327 e. The van der Waals surface area contributed by atoms with Crippen LogP contribution in [0.1, 0.15) is 45.6 Å². The highest BCUT2D eigenvalue weighted by Crippen LogP contribution is 2.39. The molecule has 1 spiro atoms. The van der Waals surface area contributed by atoms with Crippen molar-refractivity contribution < 1.29 is 14.7 Å². The van der Waals surface area contributed by atoms with Gasteiger partial charge in [0.1, 0.15) is 11.3 Å². The molecule has 160 valence electrons. The number of halogens is 2. The van der Waals surface area contributed by atoms with E-state index >= 15 is 0 Å². The Bertz CT molecular complexity index is 792. The fourth-order valence-electron chi connectivity index (χ4n) is 4.30. The highest BCUT2D eigenvalue weighted by molar-refractivity contribution is 6.35. The second kappa shape index (κ2) is 8.70. The molecular weight excluding hydrogens is 413 g/mol. The monoisotopic (exact) mass is 441 g/mol. The smallest absolute Gasteiger partial charge is 0.327 e. The van der Waals surface area contributed by atoms with Crippen molar-refractivity contribution in [2.75, 3.05) is 26.2 Å². The Morgan fingerprint density at radius 2 is 1.83 bits per heavy atom. The number of carbonyl (C=O) groups excluding carboxylic acids is 2. The Morgan fingerprint density at radius 3 is 2.41 bits per heavy atom. The van der Waals surface area contributed by atoms with Crippen LogP contribution in [0.3, 0.4) is 0 Å². The van der Waals surface area contributed by atoms with E-state index in [0.717, 1.165) is 6.42 Å². The highest BCUT2D eigenvalue weighted by atomic mass is 35.5. The second-order valence-corrected chi connectivity index (χ2v) is 9.21. The van der Waals surface area contributed by atoms with E-state index < -0.39 is 5.54 Å². The van der Waals surface area contributed by atoms with Crippen LogP contribution in [0.2, 0.25) is 10.0 Å². The maximum absolute atomic E-state index is 13.2. The number of amides is 3. The van der Waals surface area contributed by atoms with Crippen LogP contribution in [0.5, 0.6) is 5.75 Å². The number of likely N-dealkylation sites (N-methyl/N-ethyl adjacent to an activating group) is 1. The molecule has 1 N–H and O–H groups in total. The lowest BCUT2D eigenvalue weighted by molar-refractivity contribution is -0.135. The Kier molecular flexibility index (Phi) is 6.66. The highest BCUT2D eigenvalue weighted by Gasteiger charge is 2.57. The standard InChI is InChI=1S/C21H29Cl2N3O3/c1-4-25-19(28)21(26(20(25)29)8-5-14(2)3)6-9-24(10-7-21)13-15-11-16(22)12-17(23)18(15)27/h11-12,14,27H,4-10,13H2,1-3H3. The summed E-state index contributed by atoms with van der Waals surface area (Å²) in [6, 6.07) is 3.07. The average Bonchev–Trinajstić information content (AvgIpc) is 2.85. The normalized spacial score (nSPS) is 19.8. The number of aromatic hydroxyl groups is 1. The Morgan fingerprint density at radius 1 is 1.17 bits per heavy atom. The van der Waals surface area contributed by atoms with Gasteiger partial charge < -0.3 is 10.0 Å². The molecule has 0 unspecified atom stereocenters. The third-order valence-electron chi connectivity index (χ3n) is 6.05. The summed E-state index contributed by atoms with van der Waals surface area (Å²) >= 11 is 12.1. The third-order valence-corrected chi connectivity index (χ3v) is 6.56. The van der Waals surface area contributed by atoms with E-state index in [1.54, 1.807) is 6.07 Å². The quantitative estimate of drug-likeness (QED) is 0.665. The van der Waals surface area contributed by atoms with E-state index in [2.05, 4.69) is 18.7 Å². The van der Waals surface area contributed by atoms with Crippen molar-refractivity contribution in [2.45, 2.75) is 52.1 Å². The van der Waals surface area contributed by atoms with Gasteiger partial charge in [0.25, 0.3) is 5.91 Å². The molecule has 0 atom stereocenters. The molecule has 0 saturated carbocycles. The van der Waals surface area contributed by atoms with Gasteiger partial charge in [-0.25, -0.2) is 4.79 Å². The van der Waals surface area contributed by atoms with Gasteiger partial charge >= 0.3 is 6.03 Å². The number of urea groups is 1. The number of likely N-dealkylation sites (tertiary alicyclic amines) is 1. The summed E-state index contributed by atoms with van der Waals surface area (Å²) in [6.07, 6.45) is 2.04. The van der Waals surface area contributed by atoms with E-state index in [1.165, 1.54) is 11.0 Å². The molecule has 0 radical (unpaired) electrons. The van der Waals surface area contributed by atoms with E-state index in [4.69, 9.17) is 23.2 Å². The van der Waals surface area contributed by atoms with Crippen LogP contribution in [0.4, 0.5) is 4.79 Å². The Labute approximate surface area is 182 Å². The minimum atomic E-state index is -0.744. The van der Waals surface area contributed by atoms with Crippen LogP contribution >= 0.6 is 23.2 Å². The van der Waals surface area contributed by atoms with Gasteiger partial charge in [-0.15, -0.1) is 0 Å². The lowest BCUT2D eigenvalue weighted by atomic mass is 9.85. The van der Waals surface area contributed by atoms with E-state index in [0.29, 0.717) is 62.1 Å². The van der Waals surface area contributed by atoms with E-state index in [-0.39, 0.29) is 22.7 Å². The summed E-state index contributed by atoms with van der Waals surface area (Å²) in [5, 5.41) is 10.9. The van der Waals surface area contributed by atoms with Gasteiger partial charge in [-0.1, -0.05) is 37.0 Å². The summed E-state index contributed by atoms with van der Waals surface area (Å²) in [5.74, 6) is 0.433. The molecule has 2 saturated heterocycles. The topological polar surface area (TPSA) is 64.1 Å². The van der Waals surface area contributed by atoms with Gasteiger partial charge in [-0.2, -0.15) is 0 Å². The van der Waals surface area contributed by atoms with Crippen molar-refractivity contribution >= 4 is 35.1 Å². The van der Waals surface area contributed by atoms with Crippen LogP contribution in [-0.2, 0) is 11.3 Å². The van der Waals surface area contributed by atoms with Crippen LogP contribution in [-0.4, -0.2) is 63.5 Å². The molecule has 2 heterocycles. The van der Waals surface area contributed by atoms with Gasteiger partial charge in [0, 0.05) is 43.3 Å². The number of hydrogen-bond acceptors (Lipinski definition) is 4. The number of carbonyl (C=O) groups is 2. The molecular formula is C21H29Cl2N3O3. The van der Waals surface area contributed by atoms with Crippen molar-refractivity contribution in [1.29, 1.82) is 0 Å². The number of imide groups is 1. The van der Waals surface area contributed by atoms with Gasteiger partial charge in [-0.05, 0) is 44.2 Å². The van der Waals surface area contributed by atoms with E-state index in [9.17, 15) is 14.7 Å². The molecule has 2 aliphatic heterocycles. The first kappa shape index (κ1) is 22.2. The second-order valence-electron chi connectivity index (χ2n) is 8.37. The van der Waals surface area contributed by atoms with Crippen molar-refractivity contribution in [3.05, 3.63) is 27.7 Å². The van der Waals surface area contributed by atoms with Crippen LogP contribution in [0.25, 0.3) is 0 Å². The SMILES string of the molecule is CCN1C(=O)N(CCC(C)C)C2(CCN(Cc3cc(Cl)cc(Cl)c3O)CC2)C1=O. The zero-order valence-corrected chi connectivity index (χ0v) is 18.8. The largest absolute Gasteiger partial charge is 0.506 e. The summed E-state index contributed by atoms with van der Waals surface area (Å²) in [5.41, 5.74) is -0.0777. The Hall–Kier alpha value is -1.50. The fraction of sp³-hybridized carbons (Fsp3) is 0.619. The van der Waals surface area contributed by atoms with Gasteiger partial charge in [-0.3, -0.25) is 14.6 Å². The number of phenols is 1. The first-order chi connectivity index (χ1) is 13.7. The first-order valence-corrected chi connectivity index (χ1v) is 11.0. The molecule has 1 aromatic rings. The van der Waals surface area contributed by atoms with Gasteiger partial charge in [0.2, 0.25) is 0 Å². The van der Waals surface area contributed by atoms with Crippen molar-refractivity contribution in [1.82, 2.24) is 14.7 Å². The Balaban J connectivity index is 1.75. The molecule has 3 rings (SSSR count). The van der Waals surface area contributed by atoms with Crippen molar-refractivity contribution in [3.63, 3.8) is 0 Å². The zero-order valence-electron chi connectivity index (χ0n) is 17.3. The number of hydrogen-bond donors (Lipinski definition) is 1. The molecule has 8 heteroatoms. The first-order valence-electron chi connectivity index (χ1n) is 10.2. The van der Waals surface area contributed by atoms with Gasteiger partial charge in [0.15, 0.2) is 0 Å². The predicted octanol–water partition coefficient (Wildman–Crippen LogP) is 4.36. The summed E-state index contributed by atoms with van der Waals surface area (Å²) < 4.78 is 0. The summed E-state index contributed by atoms with van der Waals surface area (Å²) in [6.45, 7) is 8.88. The number of phenolic OH excluding ortho intramolecular Hbond substituents is 1. The lowest BCUT2D eigenvalue weighted by Gasteiger charge is -2.42. The third kappa shape index (κ3) is 4.21. The minimum absolute atomic E-state index is 0.0409. The maximum atomic E-state index is 13.2. The molecule has 2 fully saturated rings. The van der Waals surface area contributed by atoms with Crippen molar-refractivity contribution in [2.24, 2.45) is 5.92 Å². The average molecular weight is 442 g/mol. The van der Waals surface area contributed by atoms with Gasteiger partial charge in [0.05, 0.1) is 5.02 Å². The number of benzene rings is 1. The molecule has 0 aliphatic carbocycles. The molecule has 0 bridgehead atoms.